The van der Waals surface area contributed by atoms with Gasteiger partial charge in [-0.2, -0.15) is 0 Å². The molecule has 3 aromatic carbocycles. The van der Waals surface area contributed by atoms with Crippen molar-refractivity contribution in [3.63, 3.8) is 0 Å². The monoisotopic (exact) mass is 415 g/mol. The van der Waals surface area contributed by atoms with Crippen LogP contribution in [-0.4, -0.2) is 29.0 Å². The molecule has 1 aliphatic rings. The van der Waals surface area contributed by atoms with Crippen molar-refractivity contribution in [2.45, 2.75) is 13.0 Å². The number of aromatic hydroxyl groups is 1. The van der Waals surface area contributed by atoms with Crippen LogP contribution in [0.25, 0.3) is 5.76 Å². The van der Waals surface area contributed by atoms with Crippen molar-refractivity contribution in [3.8, 4) is 11.5 Å². The number of carbonyl (C=O) groups excluding carboxylic acids is 2. The van der Waals surface area contributed by atoms with Crippen LogP contribution in [0.15, 0.2) is 78.4 Å². The molecule has 0 aromatic heterocycles. The quantitative estimate of drug-likeness (QED) is 0.376. The van der Waals surface area contributed by atoms with Crippen molar-refractivity contribution in [1.82, 2.24) is 0 Å². The van der Waals surface area contributed by atoms with Crippen LogP contribution in [0.2, 0.25) is 0 Å². The number of methoxy groups -OCH3 is 1. The van der Waals surface area contributed by atoms with E-state index in [0.29, 0.717) is 22.6 Å². The maximum absolute atomic E-state index is 13.1. The van der Waals surface area contributed by atoms with Crippen molar-refractivity contribution < 1.29 is 24.5 Å². The van der Waals surface area contributed by atoms with Crippen LogP contribution in [0, 0.1) is 6.92 Å². The second-order valence-electron chi connectivity index (χ2n) is 7.33. The average molecular weight is 415 g/mol. The van der Waals surface area contributed by atoms with Gasteiger partial charge in [0, 0.05) is 11.3 Å². The summed E-state index contributed by atoms with van der Waals surface area (Å²) in [5, 5.41) is 20.8. The number of Topliss-reactive ketones (excluding diaryl/α,β-unsaturated/α-hetero) is 1. The van der Waals surface area contributed by atoms with E-state index in [0.717, 1.165) is 5.56 Å². The Morgan fingerprint density at radius 2 is 1.68 bits per heavy atom. The van der Waals surface area contributed by atoms with E-state index in [1.807, 2.05) is 19.1 Å². The molecule has 1 atom stereocenters. The topological polar surface area (TPSA) is 87.1 Å². The fourth-order valence-electron chi connectivity index (χ4n) is 3.77. The number of aryl methyl sites for hydroxylation is 1. The Labute approximate surface area is 179 Å². The number of nitrogens with zero attached hydrogens (tertiary/aromatic N) is 1. The number of anilines is 1. The van der Waals surface area contributed by atoms with Crippen LogP contribution < -0.4 is 9.64 Å². The van der Waals surface area contributed by atoms with Crippen molar-refractivity contribution >= 4 is 23.1 Å². The Bertz CT molecular complexity index is 1200. The number of aliphatic hydroxyl groups is 1. The SMILES string of the molecule is COc1cccc(/C(O)=C2\C(=O)C(=O)N(c3cccc(C)c3)C2c2ccc(O)cc2)c1. The molecular weight excluding hydrogens is 394 g/mol. The van der Waals surface area contributed by atoms with E-state index in [-0.39, 0.29) is 17.1 Å². The van der Waals surface area contributed by atoms with Gasteiger partial charge in [-0.1, -0.05) is 36.4 Å². The van der Waals surface area contributed by atoms with Crippen molar-refractivity contribution in [1.29, 1.82) is 0 Å². The summed E-state index contributed by atoms with van der Waals surface area (Å²) in [6.07, 6.45) is 0. The minimum atomic E-state index is -0.853. The zero-order valence-corrected chi connectivity index (χ0v) is 17.1. The summed E-state index contributed by atoms with van der Waals surface area (Å²) in [4.78, 5) is 27.6. The number of ether oxygens (including phenoxy) is 1. The average Bonchev–Trinajstić information content (AvgIpc) is 3.04. The summed E-state index contributed by atoms with van der Waals surface area (Å²) < 4.78 is 5.22. The first kappa shape index (κ1) is 20.2. The van der Waals surface area contributed by atoms with Gasteiger partial charge in [-0.15, -0.1) is 0 Å². The first-order chi connectivity index (χ1) is 14.9. The molecule has 1 saturated heterocycles. The molecule has 3 aromatic rings. The summed E-state index contributed by atoms with van der Waals surface area (Å²) in [7, 11) is 1.51. The number of hydrogen-bond donors (Lipinski definition) is 2. The zero-order valence-electron chi connectivity index (χ0n) is 17.1. The van der Waals surface area contributed by atoms with Crippen LogP contribution in [0.4, 0.5) is 5.69 Å². The van der Waals surface area contributed by atoms with E-state index < -0.39 is 17.7 Å². The summed E-state index contributed by atoms with van der Waals surface area (Å²) in [6.45, 7) is 1.89. The van der Waals surface area contributed by atoms with Gasteiger partial charge in [0.2, 0.25) is 0 Å². The van der Waals surface area contributed by atoms with Gasteiger partial charge >= 0.3 is 0 Å². The van der Waals surface area contributed by atoms with Crippen LogP contribution in [0.3, 0.4) is 0 Å². The summed E-state index contributed by atoms with van der Waals surface area (Å²) >= 11 is 0. The number of rotatable bonds is 4. The number of carbonyl (C=O) groups is 2. The number of aliphatic hydroxyl groups excluding tert-OH is 1. The standard InChI is InChI=1S/C25H21NO5/c1-15-5-3-7-18(13-15)26-22(16-9-11-19(27)12-10-16)21(24(29)25(26)30)23(28)17-6-4-8-20(14-17)31-2/h3-14,22,27-28H,1-2H3/b23-21+. The van der Waals surface area contributed by atoms with Gasteiger partial charge in [0.15, 0.2) is 0 Å². The zero-order chi connectivity index (χ0) is 22.1. The lowest BCUT2D eigenvalue weighted by Crippen LogP contribution is -2.29. The Morgan fingerprint density at radius 3 is 2.35 bits per heavy atom. The van der Waals surface area contributed by atoms with E-state index in [4.69, 9.17) is 4.74 Å². The smallest absolute Gasteiger partial charge is 0.300 e. The Morgan fingerprint density at radius 1 is 0.968 bits per heavy atom. The number of hydrogen-bond acceptors (Lipinski definition) is 5. The molecule has 2 N–H and O–H groups in total. The molecule has 156 valence electrons. The van der Waals surface area contributed by atoms with E-state index in [2.05, 4.69) is 0 Å². The predicted molar refractivity (Wildman–Crippen MR) is 117 cm³/mol. The number of phenols is 1. The fourth-order valence-corrected chi connectivity index (χ4v) is 3.77. The lowest BCUT2D eigenvalue weighted by atomic mass is 9.95. The van der Waals surface area contributed by atoms with Crippen molar-refractivity contribution in [2.75, 3.05) is 12.0 Å². The van der Waals surface area contributed by atoms with E-state index in [1.165, 1.54) is 24.1 Å². The number of benzene rings is 3. The molecule has 0 radical (unpaired) electrons. The predicted octanol–water partition coefficient (Wildman–Crippen LogP) is 4.34. The molecule has 4 rings (SSSR count). The first-order valence-corrected chi connectivity index (χ1v) is 9.71. The molecule has 0 spiro atoms. The third kappa shape index (κ3) is 3.64. The fraction of sp³-hybridized carbons (Fsp3) is 0.120. The van der Waals surface area contributed by atoms with E-state index in [9.17, 15) is 19.8 Å². The molecule has 1 heterocycles. The first-order valence-electron chi connectivity index (χ1n) is 9.71. The minimum Gasteiger partial charge on any atom is -0.508 e. The van der Waals surface area contributed by atoms with Crippen LogP contribution in [0.5, 0.6) is 11.5 Å². The van der Waals surface area contributed by atoms with Gasteiger partial charge in [-0.25, -0.2) is 0 Å². The van der Waals surface area contributed by atoms with Crippen LogP contribution in [0.1, 0.15) is 22.7 Å². The second-order valence-corrected chi connectivity index (χ2v) is 7.33. The summed E-state index contributed by atoms with van der Waals surface area (Å²) in [5.41, 5.74) is 2.40. The van der Waals surface area contributed by atoms with Crippen LogP contribution >= 0.6 is 0 Å². The Hall–Kier alpha value is -4.06. The molecular formula is C25H21NO5. The summed E-state index contributed by atoms with van der Waals surface area (Å²) in [6, 6.07) is 19.3. The van der Waals surface area contributed by atoms with Gasteiger partial charge < -0.3 is 14.9 Å². The highest BCUT2D eigenvalue weighted by molar-refractivity contribution is 6.51. The number of amides is 1. The highest BCUT2D eigenvalue weighted by Crippen LogP contribution is 2.42. The maximum Gasteiger partial charge on any atom is 0.300 e. The third-order valence-corrected chi connectivity index (χ3v) is 5.28. The molecule has 1 amide bonds. The summed E-state index contributed by atoms with van der Waals surface area (Å²) in [5.74, 6) is -1.22. The highest BCUT2D eigenvalue weighted by atomic mass is 16.5. The van der Waals surface area contributed by atoms with Gasteiger partial charge in [0.25, 0.3) is 11.7 Å². The van der Waals surface area contributed by atoms with Crippen molar-refractivity contribution in [2.24, 2.45) is 0 Å². The van der Waals surface area contributed by atoms with Gasteiger partial charge in [-0.05, 0) is 54.4 Å². The number of ketones is 1. The molecule has 1 aliphatic heterocycles. The Kier molecular flexibility index (Phi) is 5.21. The molecule has 31 heavy (non-hydrogen) atoms. The lowest BCUT2D eigenvalue weighted by molar-refractivity contribution is -0.132. The second kappa shape index (κ2) is 7.99. The Balaban J connectivity index is 1.95. The van der Waals surface area contributed by atoms with Crippen molar-refractivity contribution in [3.05, 3.63) is 95.1 Å². The molecule has 6 heteroatoms. The number of phenolic OH excluding ortho intramolecular Hbond substituents is 1. The normalized spacial score (nSPS) is 17.7. The molecule has 0 aliphatic carbocycles. The minimum absolute atomic E-state index is 0.0227. The largest absolute Gasteiger partial charge is 0.508 e. The lowest BCUT2D eigenvalue weighted by Gasteiger charge is -2.25. The molecule has 0 bridgehead atoms. The van der Waals surface area contributed by atoms with Gasteiger partial charge in [-0.3, -0.25) is 14.5 Å². The third-order valence-electron chi connectivity index (χ3n) is 5.28. The highest BCUT2D eigenvalue weighted by Gasteiger charge is 2.47. The van der Waals surface area contributed by atoms with Gasteiger partial charge in [0.1, 0.15) is 17.3 Å². The van der Waals surface area contributed by atoms with E-state index >= 15 is 0 Å². The molecule has 1 unspecified atom stereocenters. The van der Waals surface area contributed by atoms with Gasteiger partial charge in [0.05, 0.1) is 18.7 Å². The van der Waals surface area contributed by atoms with Crippen LogP contribution in [-0.2, 0) is 9.59 Å². The van der Waals surface area contributed by atoms with E-state index in [1.54, 1.807) is 48.5 Å². The molecule has 1 fully saturated rings. The molecule has 0 saturated carbocycles. The maximum atomic E-state index is 13.1. The molecule has 6 nitrogen and oxygen atoms in total.